The Balaban J connectivity index is -0.000000498. The van der Waals surface area contributed by atoms with E-state index < -0.39 is 35.9 Å². The average molecular weight is 2210 g/mol. The van der Waals surface area contributed by atoms with Crippen molar-refractivity contribution in [2.45, 2.75) is 213 Å². The Hall–Kier alpha value is -11.1. The molecular formula is C106H149BCl6N21NaO8Sn. The standard InChI is InChI=1S/C21H18N2O.C13H13BO2.C9H9ClN2.C8H8ClN3.C8H9N3O.C7H5ClN2.C7H9N3O2.C7H11N3.C5H3ClN2O2.C3H8.C2H7N.8C2H6.2ClH.Na.Sn.H/c1-2-23-20-6-4-3-5-19(20)22-21(23)17-9-7-15(8-10-17)16-11-13-18(24)14-12-16;1-10-2-4-11(5-3-10)12-6-8-13(9-7-12)14(15)16;1-2-12-8-6-4-3-5-7(8)11-9(12)10;1-2-12-7-6(11-8(12)9)4-3-5-10-7;1-2-11-7-6(10-8(11)12)4-3-5-9-7;8-7-9-5-3-1-2-4-6(5)10-7;1-2-8-7-6(10(11)12)4-3-5-9-7;1-2-9-7-6(8)4-3-5-10-7;6-5-4(8(9)10)2-1-3-7-5;1-3-2;1-2-3;8*1-2;;;;;/h3-14,24H,2H2,1H3;2-9,15-16H,1H3;3-6H,2H2,1H3;3-5H,2H2,1H3;3-5H,2H2,1H3,(H,10,12);1-4H,(H,9,10);3-5H,2H2,1H3,(H,8,9);3-5H,2,8H2,1H3,(H,9,10);1-3H;3H2,1-2H3;2-3H2,1H3;8*1-2H3;2*1H;;;/q;;;;;;;;;;;;;;;;;;;;;+1;+2;-1/p-2. The van der Waals surface area contributed by atoms with Gasteiger partial charge in [0.2, 0.25) is 26.8 Å². The number of imidazole rings is 5. The van der Waals surface area contributed by atoms with Crippen molar-refractivity contribution in [3.05, 3.63) is 319 Å². The normalized spacial score (nSPS) is 9.19. The van der Waals surface area contributed by atoms with E-state index in [0.717, 1.165) is 128 Å². The van der Waals surface area contributed by atoms with Gasteiger partial charge in [0.25, 0.3) is 0 Å². The summed E-state index contributed by atoms with van der Waals surface area (Å²) < 4.78 is 7.70. The number of fused-ring (bicyclic) bond motifs is 5. The largest absolute Gasteiger partial charge is 1.00 e. The number of nitrogens with two attached hydrogens (primary N) is 2. The van der Waals surface area contributed by atoms with E-state index in [0.29, 0.717) is 45.9 Å². The number of aromatic hydroxyl groups is 1. The van der Waals surface area contributed by atoms with Crippen molar-refractivity contribution >= 4 is 180 Å². The monoisotopic (exact) mass is 2210 g/mol. The first-order chi connectivity index (χ1) is 69.3. The third-order valence-corrected chi connectivity index (χ3v) is 18.3. The molecule has 776 valence electrons. The van der Waals surface area contributed by atoms with Gasteiger partial charge in [-0.1, -0.05) is 276 Å². The van der Waals surface area contributed by atoms with Crippen LogP contribution in [0.4, 0.5) is 28.7 Å². The minimum atomic E-state index is -1.40. The quantitative estimate of drug-likeness (QED) is 0.0211. The fraction of sp³-hybridized carbons (Fsp3) is 0.321. The Morgan fingerprint density at radius 2 is 0.785 bits per heavy atom. The Bertz CT molecular complexity index is 6120. The maximum atomic E-state index is 11.2. The molecule has 0 atom stereocenters. The molecule has 0 aliphatic carbocycles. The van der Waals surface area contributed by atoms with Gasteiger partial charge in [0.05, 0.1) is 54.2 Å². The Kier molecular flexibility index (Phi) is 83.4. The molecule has 10 aromatic heterocycles. The number of anilines is 3. The zero-order valence-corrected chi connectivity index (χ0v) is 98.0. The summed E-state index contributed by atoms with van der Waals surface area (Å²) in [5.41, 5.74) is 27.5. The minimum Gasteiger partial charge on any atom is -1.00 e. The number of aryl methyl sites for hydroxylation is 5. The van der Waals surface area contributed by atoms with Crippen LogP contribution in [0.3, 0.4) is 0 Å². The van der Waals surface area contributed by atoms with E-state index >= 15 is 0 Å². The van der Waals surface area contributed by atoms with E-state index in [9.17, 15) is 30.1 Å². The second-order valence-corrected chi connectivity index (χ2v) is 31.9. The van der Waals surface area contributed by atoms with Crippen LogP contribution in [0.15, 0.2) is 266 Å². The van der Waals surface area contributed by atoms with E-state index in [-0.39, 0.29) is 59.0 Å². The van der Waals surface area contributed by atoms with Crippen molar-refractivity contribution in [1.82, 2.24) is 73.1 Å². The van der Waals surface area contributed by atoms with Gasteiger partial charge in [0, 0.05) is 87.9 Å². The SMILES string of the molecule is CC.CC.CC.CC.CC.CC.CC.CC.CCC.CCN.CCNc1ncccc1N.CCNc1ncccc1[N+](=O)[O-].CCn1c(-c2ccc(-c3ccc(O)cc3)cc2)nc2ccccc21.CCn1c(=O)[nH]c2cccnc21.CCn1c(Cl)nc2ccccc21.CCn1c(Cl)nc2cccnc21.Cc1ccc(-c2ccc(B(O)O)cc2)cc1.Clc1nc2ccccc2[nH]1.O=[N+]([O-])c1cccnc1Cl.[Cl][Sn][Cl].[H-].[Na+]. The molecule has 2 radical (unpaired) electrons. The number of halogens is 6. The van der Waals surface area contributed by atoms with Gasteiger partial charge in [0.15, 0.2) is 11.3 Å². The topological polar surface area (TPSA) is 407 Å². The molecule has 38 heteroatoms. The molecule has 0 spiro atoms. The summed E-state index contributed by atoms with van der Waals surface area (Å²) in [5, 5.41) is 55.2. The van der Waals surface area contributed by atoms with Gasteiger partial charge in [0.1, 0.15) is 22.9 Å². The number of aromatic amines is 2. The van der Waals surface area contributed by atoms with Gasteiger partial charge in [-0.2, -0.15) is 0 Å². The molecule has 0 saturated heterocycles. The van der Waals surface area contributed by atoms with E-state index in [1.54, 1.807) is 59.6 Å². The Morgan fingerprint density at radius 3 is 1.24 bits per heavy atom. The fourth-order valence-corrected chi connectivity index (χ4v) is 12.5. The number of para-hydroxylation sites is 6. The van der Waals surface area contributed by atoms with Crippen LogP contribution >= 0.6 is 64.2 Å². The summed E-state index contributed by atoms with van der Waals surface area (Å²) in [4.78, 5) is 73.2. The molecule has 29 nitrogen and oxygen atoms in total. The summed E-state index contributed by atoms with van der Waals surface area (Å²) in [6.07, 6.45) is 9.31. The van der Waals surface area contributed by atoms with Crippen LogP contribution in [-0.2, 0) is 26.2 Å². The molecule has 144 heavy (non-hydrogen) atoms. The number of nitro groups is 2. The van der Waals surface area contributed by atoms with Gasteiger partial charge in [-0.05, 0) is 215 Å². The number of nitrogens with zero attached hydrogens (tertiary/aromatic N) is 15. The first-order valence-corrected chi connectivity index (χ1v) is 56.8. The van der Waals surface area contributed by atoms with Crippen molar-refractivity contribution in [3.63, 3.8) is 0 Å². The van der Waals surface area contributed by atoms with Crippen molar-refractivity contribution in [1.29, 1.82) is 0 Å². The molecule has 0 saturated carbocycles. The number of nitrogens with one attached hydrogen (secondary N) is 4. The minimum absolute atomic E-state index is 0. The first-order valence-electron chi connectivity index (χ1n) is 48.1. The van der Waals surface area contributed by atoms with E-state index in [1.165, 1.54) is 42.6 Å². The molecule has 11 N–H and O–H groups in total. The maximum Gasteiger partial charge on any atom is 1.00 e. The number of H-pyrrole nitrogens is 2. The fourth-order valence-electron chi connectivity index (χ4n) is 11.5. The average Bonchev–Trinajstić information content (AvgIpc) is 1.64. The summed E-state index contributed by atoms with van der Waals surface area (Å²) in [6, 6.07) is 71.8. The van der Waals surface area contributed by atoms with Gasteiger partial charge >= 0.3 is 90.5 Å². The summed E-state index contributed by atoms with van der Waals surface area (Å²) in [7, 11) is 8.47. The number of hydrogen-bond donors (Lipinski definition) is 9. The Morgan fingerprint density at radius 1 is 0.424 bits per heavy atom. The number of nitrogen functional groups attached to an aromatic ring is 1. The molecule has 10 heterocycles. The van der Waals surface area contributed by atoms with Crippen LogP contribution in [0.5, 0.6) is 5.75 Å². The van der Waals surface area contributed by atoms with Gasteiger partial charge < -0.3 is 57.8 Å². The molecule has 17 rings (SSSR count). The van der Waals surface area contributed by atoms with E-state index in [2.05, 4.69) is 160 Å². The van der Waals surface area contributed by atoms with Crippen molar-refractivity contribution < 1.29 is 56.0 Å². The van der Waals surface area contributed by atoms with Gasteiger partial charge in [-0.3, -0.25) is 29.4 Å². The molecule has 0 aliphatic heterocycles. The number of hydrogen-bond acceptors (Lipinski definition) is 21. The number of phenolic OH excluding ortho intramolecular Hbond substituents is 1. The molecular weight excluding hydrogens is 2060 g/mol. The van der Waals surface area contributed by atoms with Gasteiger partial charge in [-0.25, -0.2) is 49.7 Å². The predicted molar refractivity (Wildman–Crippen MR) is 614 cm³/mol. The molecule has 0 bridgehead atoms. The zero-order valence-electron chi connectivity index (χ0n) is 89.6. The van der Waals surface area contributed by atoms with Crippen LogP contribution in [-0.4, -0.2) is 144 Å². The third-order valence-electron chi connectivity index (χ3n) is 17.3. The molecule has 17 aromatic rings. The maximum absolute atomic E-state index is 11.2. The number of rotatable bonds is 14. The molecule has 7 aromatic carbocycles. The van der Waals surface area contributed by atoms with Crippen LogP contribution in [0.2, 0.25) is 21.0 Å². The van der Waals surface area contributed by atoms with Crippen LogP contribution < -0.4 is 62.8 Å². The molecule has 0 fully saturated rings. The second-order valence-electron chi connectivity index (χ2n) is 26.2. The van der Waals surface area contributed by atoms with Crippen LogP contribution in [0, 0.1) is 27.2 Å². The molecule has 0 amide bonds. The summed E-state index contributed by atoms with van der Waals surface area (Å²) >= 11 is 22.0. The van der Waals surface area contributed by atoms with E-state index in [4.69, 9.17) is 90.7 Å². The van der Waals surface area contributed by atoms with E-state index in [1.807, 2.05) is 270 Å². The van der Waals surface area contributed by atoms with Crippen molar-refractivity contribution in [2.24, 2.45) is 5.73 Å². The molecule has 0 unspecified atom stereocenters. The Labute approximate surface area is 913 Å². The predicted octanol–water partition coefficient (Wildman–Crippen LogP) is 26.1. The third kappa shape index (κ3) is 49.7. The van der Waals surface area contributed by atoms with Crippen LogP contribution in [0.1, 0.15) is 187 Å². The van der Waals surface area contributed by atoms with Crippen LogP contribution in [0.25, 0.3) is 89.1 Å². The number of aromatic nitrogens is 15. The summed E-state index contributed by atoms with van der Waals surface area (Å²) in [6.45, 7) is 57.6. The summed E-state index contributed by atoms with van der Waals surface area (Å²) in [5.74, 6) is 2.37. The zero-order chi connectivity index (χ0) is 109. The smallest absolute Gasteiger partial charge is 1.00 e. The van der Waals surface area contributed by atoms with Crippen molar-refractivity contribution in [3.8, 4) is 39.4 Å². The second kappa shape index (κ2) is 86.2. The molecule has 0 aliphatic rings. The van der Waals surface area contributed by atoms with Gasteiger partial charge in [-0.15, -0.1) is 0 Å². The number of phenols is 1. The number of pyridine rings is 5. The first kappa shape index (κ1) is 139. The number of benzene rings is 7. The van der Waals surface area contributed by atoms with Crippen molar-refractivity contribution in [2.75, 3.05) is 36.0 Å².